The third-order valence-corrected chi connectivity index (χ3v) is 4.12. The highest BCUT2D eigenvalue weighted by Gasteiger charge is 2.19. The lowest BCUT2D eigenvalue weighted by Gasteiger charge is -2.10. The number of rotatable bonds is 7. The normalized spacial score (nSPS) is 13.5. The lowest BCUT2D eigenvalue weighted by molar-refractivity contribution is 0.196. The van der Waals surface area contributed by atoms with Crippen LogP contribution in [0.5, 0.6) is 0 Å². The predicted octanol–water partition coefficient (Wildman–Crippen LogP) is 1.89. The van der Waals surface area contributed by atoms with Crippen molar-refractivity contribution < 1.29 is 21.9 Å². The molecule has 1 unspecified atom stereocenters. The summed E-state index contributed by atoms with van der Waals surface area (Å²) in [5, 5.41) is -0.342. The average molecular weight is 314 g/mol. The molecule has 0 heterocycles. The molecule has 0 aliphatic heterocycles. The zero-order chi connectivity index (χ0) is 14.5. The van der Waals surface area contributed by atoms with Crippen molar-refractivity contribution in [3.8, 4) is 0 Å². The Kier molecular flexibility index (Phi) is 6.12. The van der Waals surface area contributed by atoms with E-state index in [1.807, 2.05) is 0 Å². The molecule has 0 aliphatic rings. The Morgan fingerprint density at radius 3 is 2.68 bits per heavy atom. The van der Waals surface area contributed by atoms with Crippen LogP contribution in [0, 0.1) is 11.6 Å². The first-order valence-corrected chi connectivity index (χ1v) is 7.36. The van der Waals surface area contributed by atoms with Crippen molar-refractivity contribution in [1.82, 2.24) is 4.72 Å². The van der Waals surface area contributed by atoms with Crippen molar-refractivity contribution in [2.75, 3.05) is 20.3 Å². The van der Waals surface area contributed by atoms with Gasteiger partial charge in [0.1, 0.15) is 16.5 Å². The lowest BCUT2D eigenvalue weighted by Crippen LogP contribution is -2.28. The predicted molar refractivity (Wildman–Crippen MR) is 67.7 cm³/mol. The van der Waals surface area contributed by atoms with Crippen molar-refractivity contribution >= 4 is 21.6 Å². The summed E-state index contributed by atoms with van der Waals surface area (Å²) in [6.07, 6.45) is 0.331. The highest BCUT2D eigenvalue weighted by molar-refractivity contribution is 7.89. The van der Waals surface area contributed by atoms with Gasteiger partial charge < -0.3 is 4.74 Å². The SMILES string of the molecule is COCC(Cl)CCNS(=O)(=O)c1ccc(F)cc1F. The molecule has 1 atom stereocenters. The fourth-order valence-corrected chi connectivity index (χ4v) is 2.73. The molecule has 1 rings (SSSR count). The number of halogens is 3. The highest BCUT2D eigenvalue weighted by atomic mass is 35.5. The second-order valence-electron chi connectivity index (χ2n) is 3.81. The Bertz CT molecular complexity index is 525. The summed E-state index contributed by atoms with van der Waals surface area (Å²) in [6.45, 7) is 0.324. The Hall–Kier alpha value is -0.760. The van der Waals surface area contributed by atoms with Crippen molar-refractivity contribution in [3.05, 3.63) is 29.8 Å². The zero-order valence-corrected chi connectivity index (χ0v) is 11.8. The maximum atomic E-state index is 13.3. The minimum atomic E-state index is -4.01. The molecular formula is C11H14ClF2NO3S. The topological polar surface area (TPSA) is 55.4 Å². The van der Waals surface area contributed by atoms with Crippen molar-refractivity contribution in [2.24, 2.45) is 0 Å². The number of methoxy groups -OCH3 is 1. The van der Waals surface area contributed by atoms with Crippen LogP contribution in [0.2, 0.25) is 0 Å². The van der Waals surface area contributed by atoms with Gasteiger partial charge in [-0.2, -0.15) is 0 Å². The smallest absolute Gasteiger partial charge is 0.243 e. The molecule has 0 radical (unpaired) electrons. The van der Waals surface area contributed by atoms with Crippen LogP contribution in [0.15, 0.2) is 23.1 Å². The van der Waals surface area contributed by atoms with E-state index in [1.165, 1.54) is 7.11 Å². The zero-order valence-electron chi connectivity index (χ0n) is 10.2. The summed E-state index contributed by atoms with van der Waals surface area (Å²) in [6, 6.07) is 2.27. The Balaban J connectivity index is 2.66. The van der Waals surface area contributed by atoms with E-state index in [9.17, 15) is 17.2 Å². The van der Waals surface area contributed by atoms with Gasteiger partial charge in [0.05, 0.1) is 12.0 Å². The molecule has 1 N–H and O–H groups in total. The standard InChI is InChI=1S/C11H14ClF2NO3S/c1-18-7-8(12)4-5-15-19(16,17)11-3-2-9(13)6-10(11)14/h2-3,6,8,15H,4-5,7H2,1H3. The van der Waals surface area contributed by atoms with Gasteiger partial charge in [-0.1, -0.05) is 0 Å². The van der Waals surface area contributed by atoms with Crippen molar-refractivity contribution in [3.63, 3.8) is 0 Å². The molecule has 19 heavy (non-hydrogen) atoms. The molecule has 1 aromatic carbocycles. The molecule has 0 aliphatic carbocycles. The minimum absolute atomic E-state index is 0.0384. The lowest BCUT2D eigenvalue weighted by atomic mass is 10.3. The molecule has 8 heteroatoms. The van der Waals surface area contributed by atoms with Crippen LogP contribution in [0.1, 0.15) is 6.42 Å². The van der Waals surface area contributed by atoms with Crippen LogP contribution < -0.4 is 4.72 Å². The van der Waals surface area contributed by atoms with Gasteiger partial charge in [0.25, 0.3) is 0 Å². The molecule has 0 saturated heterocycles. The van der Waals surface area contributed by atoms with Gasteiger partial charge in [0, 0.05) is 19.7 Å². The van der Waals surface area contributed by atoms with Crippen LogP contribution in [-0.2, 0) is 14.8 Å². The van der Waals surface area contributed by atoms with E-state index in [0.29, 0.717) is 12.5 Å². The average Bonchev–Trinajstić information content (AvgIpc) is 2.28. The highest BCUT2D eigenvalue weighted by Crippen LogP contribution is 2.15. The number of benzene rings is 1. The minimum Gasteiger partial charge on any atom is -0.383 e. The van der Waals surface area contributed by atoms with Gasteiger partial charge in [-0.25, -0.2) is 21.9 Å². The van der Waals surface area contributed by atoms with Crippen LogP contribution in [0.4, 0.5) is 8.78 Å². The van der Waals surface area contributed by atoms with E-state index in [2.05, 4.69) is 4.72 Å². The number of hydrogen-bond acceptors (Lipinski definition) is 3. The number of sulfonamides is 1. The first kappa shape index (κ1) is 16.3. The Morgan fingerprint density at radius 1 is 1.42 bits per heavy atom. The van der Waals surface area contributed by atoms with E-state index in [4.69, 9.17) is 16.3 Å². The van der Waals surface area contributed by atoms with Crippen molar-refractivity contribution in [2.45, 2.75) is 16.7 Å². The summed E-state index contributed by atoms with van der Waals surface area (Å²) in [5.41, 5.74) is 0. The van der Waals surface area contributed by atoms with Gasteiger partial charge in [-0.3, -0.25) is 0 Å². The van der Waals surface area contributed by atoms with E-state index >= 15 is 0 Å². The molecule has 0 fully saturated rings. The van der Waals surface area contributed by atoms with Crippen LogP contribution in [0.3, 0.4) is 0 Å². The molecule has 108 valence electrons. The maximum Gasteiger partial charge on any atom is 0.243 e. The van der Waals surface area contributed by atoms with Crippen LogP contribution in [-0.4, -0.2) is 34.1 Å². The van der Waals surface area contributed by atoms with Crippen LogP contribution >= 0.6 is 11.6 Å². The molecule has 0 amide bonds. The van der Waals surface area contributed by atoms with E-state index in [1.54, 1.807) is 0 Å². The second kappa shape index (κ2) is 7.14. The molecule has 0 spiro atoms. The third-order valence-electron chi connectivity index (χ3n) is 2.28. The summed E-state index contributed by atoms with van der Waals surface area (Å²) >= 11 is 5.82. The summed E-state index contributed by atoms with van der Waals surface area (Å²) in [5.74, 6) is -1.97. The van der Waals surface area contributed by atoms with E-state index in [-0.39, 0.29) is 18.5 Å². The summed E-state index contributed by atoms with van der Waals surface area (Å²) in [7, 11) is -2.53. The molecule has 0 aromatic heterocycles. The second-order valence-corrected chi connectivity index (χ2v) is 6.17. The molecule has 1 aromatic rings. The number of ether oxygens (including phenoxy) is 1. The molecule has 0 bridgehead atoms. The van der Waals surface area contributed by atoms with Gasteiger partial charge in [-0.05, 0) is 18.6 Å². The van der Waals surface area contributed by atoms with E-state index in [0.717, 1.165) is 12.1 Å². The van der Waals surface area contributed by atoms with Gasteiger partial charge in [0.15, 0.2) is 0 Å². The Morgan fingerprint density at radius 2 is 2.11 bits per heavy atom. The van der Waals surface area contributed by atoms with Gasteiger partial charge >= 0.3 is 0 Å². The van der Waals surface area contributed by atoms with Crippen molar-refractivity contribution in [1.29, 1.82) is 0 Å². The molecule has 0 saturated carbocycles. The first-order chi connectivity index (χ1) is 8.86. The monoisotopic (exact) mass is 313 g/mol. The number of alkyl halides is 1. The summed E-state index contributed by atoms with van der Waals surface area (Å²) < 4.78 is 56.5. The van der Waals surface area contributed by atoms with Gasteiger partial charge in [-0.15, -0.1) is 11.6 Å². The quantitative estimate of drug-likeness (QED) is 0.782. The third kappa shape index (κ3) is 5.02. The number of nitrogens with one attached hydrogen (secondary N) is 1. The fourth-order valence-electron chi connectivity index (χ4n) is 1.38. The van der Waals surface area contributed by atoms with E-state index < -0.39 is 26.6 Å². The fraction of sp³-hybridized carbons (Fsp3) is 0.455. The van der Waals surface area contributed by atoms with Crippen LogP contribution in [0.25, 0.3) is 0 Å². The summed E-state index contributed by atoms with van der Waals surface area (Å²) in [4.78, 5) is -0.591. The molecule has 4 nitrogen and oxygen atoms in total. The number of hydrogen-bond donors (Lipinski definition) is 1. The first-order valence-electron chi connectivity index (χ1n) is 5.44. The maximum absolute atomic E-state index is 13.3. The molecular weight excluding hydrogens is 300 g/mol. The largest absolute Gasteiger partial charge is 0.383 e. The Labute approximate surface area is 115 Å². The van der Waals surface area contributed by atoms with Gasteiger partial charge in [0.2, 0.25) is 10.0 Å².